The lowest BCUT2D eigenvalue weighted by Crippen LogP contribution is -1.84. The average molecular weight is 279 g/mol. The van der Waals surface area contributed by atoms with Gasteiger partial charge in [0.15, 0.2) is 0 Å². The van der Waals surface area contributed by atoms with Crippen LogP contribution in [0, 0.1) is 0 Å². The standard InChI is InChI=1S/C21H13N/c1-2-7-17-16(6-1)19-9-3-8-18-15(10-11-20(17)21(18)19)14-5-4-12-22-13-14/h1-13H. The van der Waals surface area contributed by atoms with Crippen LogP contribution in [0.25, 0.3) is 44.2 Å². The lowest BCUT2D eigenvalue weighted by atomic mass is 9.95. The Morgan fingerprint density at radius 1 is 0.545 bits per heavy atom. The predicted octanol–water partition coefficient (Wildman–Crippen LogP) is 5.55. The lowest BCUT2D eigenvalue weighted by Gasteiger charge is -2.09. The highest BCUT2D eigenvalue weighted by molar-refractivity contribution is 6.18. The van der Waals surface area contributed by atoms with Gasteiger partial charge >= 0.3 is 0 Å². The summed E-state index contributed by atoms with van der Waals surface area (Å²) in [5, 5.41) is 2.67. The van der Waals surface area contributed by atoms with E-state index in [1.165, 1.54) is 44.2 Å². The van der Waals surface area contributed by atoms with E-state index in [0.717, 1.165) is 0 Å². The molecule has 1 aliphatic carbocycles. The molecule has 0 radical (unpaired) electrons. The number of fused-ring (bicyclic) bond motifs is 3. The van der Waals surface area contributed by atoms with Gasteiger partial charge in [-0.15, -0.1) is 0 Å². The summed E-state index contributed by atoms with van der Waals surface area (Å²) in [6.07, 6.45) is 3.76. The van der Waals surface area contributed by atoms with E-state index in [1.54, 1.807) is 0 Å². The fraction of sp³-hybridized carbons (Fsp3) is 0. The predicted molar refractivity (Wildman–Crippen MR) is 91.6 cm³/mol. The fourth-order valence-electron chi connectivity index (χ4n) is 3.58. The minimum Gasteiger partial charge on any atom is -0.264 e. The third-order valence-electron chi connectivity index (χ3n) is 4.52. The van der Waals surface area contributed by atoms with Crippen molar-refractivity contribution in [2.24, 2.45) is 0 Å². The number of hydrogen-bond acceptors (Lipinski definition) is 1. The maximum atomic E-state index is 4.27. The van der Waals surface area contributed by atoms with Crippen molar-refractivity contribution < 1.29 is 0 Å². The van der Waals surface area contributed by atoms with E-state index in [-0.39, 0.29) is 0 Å². The molecule has 1 aliphatic rings. The number of rotatable bonds is 1. The summed E-state index contributed by atoms with van der Waals surface area (Å²) in [5.74, 6) is 0. The summed E-state index contributed by atoms with van der Waals surface area (Å²) in [6.45, 7) is 0. The Balaban J connectivity index is 1.92. The molecule has 1 nitrogen and oxygen atoms in total. The highest BCUT2D eigenvalue weighted by Gasteiger charge is 2.21. The van der Waals surface area contributed by atoms with Crippen molar-refractivity contribution in [3.05, 3.63) is 79.1 Å². The lowest BCUT2D eigenvalue weighted by molar-refractivity contribution is 1.33. The molecule has 0 aliphatic heterocycles. The minimum absolute atomic E-state index is 1.17. The van der Waals surface area contributed by atoms with Gasteiger partial charge in [-0.2, -0.15) is 0 Å². The molecule has 5 rings (SSSR count). The van der Waals surface area contributed by atoms with E-state index >= 15 is 0 Å². The van der Waals surface area contributed by atoms with Gasteiger partial charge in [-0.05, 0) is 44.7 Å². The molecule has 0 unspecified atom stereocenters. The van der Waals surface area contributed by atoms with Crippen molar-refractivity contribution in [2.45, 2.75) is 0 Å². The number of benzene rings is 3. The molecular weight excluding hydrogens is 266 g/mol. The molecule has 0 bridgehead atoms. The Morgan fingerprint density at radius 3 is 2.05 bits per heavy atom. The smallest absolute Gasteiger partial charge is 0.0346 e. The van der Waals surface area contributed by atoms with Gasteiger partial charge in [0.25, 0.3) is 0 Å². The molecule has 1 heterocycles. The van der Waals surface area contributed by atoms with Crippen LogP contribution in [-0.2, 0) is 0 Å². The molecule has 0 amide bonds. The van der Waals surface area contributed by atoms with Crippen LogP contribution >= 0.6 is 0 Å². The van der Waals surface area contributed by atoms with E-state index in [0.29, 0.717) is 0 Å². The first-order valence-corrected chi connectivity index (χ1v) is 7.49. The fourth-order valence-corrected chi connectivity index (χ4v) is 3.58. The zero-order chi connectivity index (χ0) is 14.5. The van der Waals surface area contributed by atoms with Gasteiger partial charge < -0.3 is 0 Å². The van der Waals surface area contributed by atoms with E-state index in [1.807, 2.05) is 18.5 Å². The molecule has 1 aromatic heterocycles. The summed E-state index contributed by atoms with van der Waals surface area (Å²) >= 11 is 0. The number of aromatic nitrogens is 1. The van der Waals surface area contributed by atoms with Crippen molar-refractivity contribution in [3.8, 4) is 33.4 Å². The van der Waals surface area contributed by atoms with Gasteiger partial charge in [-0.25, -0.2) is 0 Å². The van der Waals surface area contributed by atoms with Gasteiger partial charge in [0.05, 0.1) is 0 Å². The highest BCUT2D eigenvalue weighted by Crippen LogP contribution is 2.48. The first-order valence-electron chi connectivity index (χ1n) is 7.49. The summed E-state index contributed by atoms with van der Waals surface area (Å²) < 4.78 is 0. The summed E-state index contributed by atoms with van der Waals surface area (Å²) in [7, 11) is 0. The van der Waals surface area contributed by atoms with Crippen molar-refractivity contribution in [1.29, 1.82) is 0 Å². The Morgan fingerprint density at radius 2 is 1.27 bits per heavy atom. The van der Waals surface area contributed by atoms with Crippen LogP contribution in [0.3, 0.4) is 0 Å². The zero-order valence-electron chi connectivity index (χ0n) is 12.0. The highest BCUT2D eigenvalue weighted by atomic mass is 14.6. The normalized spacial score (nSPS) is 11.6. The third kappa shape index (κ3) is 1.45. The minimum atomic E-state index is 1.17. The Labute approximate surface area is 128 Å². The summed E-state index contributed by atoms with van der Waals surface area (Å²) in [4.78, 5) is 4.27. The zero-order valence-corrected chi connectivity index (χ0v) is 12.0. The summed E-state index contributed by atoms with van der Waals surface area (Å²) in [6, 6.07) is 23.9. The monoisotopic (exact) mass is 279 g/mol. The number of hydrogen-bond donors (Lipinski definition) is 0. The molecule has 0 spiro atoms. The molecule has 0 atom stereocenters. The van der Waals surface area contributed by atoms with Gasteiger partial charge in [0.1, 0.15) is 0 Å². The molecule has 102 valence electrons. The molecule has 0 N–H and O–H groups in total. The Bertz CT molecular complexity index is 987. The quantitative estimate of drug-likeness (QED) is 0.392. The van der Waals surface area contributed by atoms with Crippen LogP contribution in [0.1, 0.15) is 0 Å². The molecule has 0 saturated heterocycles. The van der Waals surface area contributed by atoms with Gasteiger partial charge in [-0.3, -0.25) is 4.98 Å². The van der Waals surface area contributed by atoms with Crippen LogP contribution in [0.4, 0.5) is 0 Å². The van der Waals surface area contributed by atoms with Gasteiger partial charge in [0.2, 0.25) is 0 Å². The van der Waals surface area contributed by atoms with Gasteiger partial charge in [-0.1, -0.05) is 60.7 Å². The van der Waals surface area contributed by atoms with Crippen LogP contribution in [-0.4, -0.2) is 4.98 Å². The molecule has 0 fully saturated rings. The molecular formula is C21H13N. The third-order valence-corrected chi connectivity index (χ3v) is 4.52. The van der Waals surface area contributed by atoms with E-state index in [4.69, 9.17) is 0 Å². The Kier molecular flexibility index (Phi) is 2.28. The SMILES string of the molecule is c1cncc(-c2ccc3c4c(cccc24)-c2ccccc2-3)c1. The van der Waals surface area contributed by atoms with Crippen molar-refractivity contribution >= 4 is 10.8 Å². The van der Waals surface area contributed by atoms with E-state index in [2.05, 4.69) is 65.6 Å². The number of nitrogens with zero attached hydrogens (tertiary/aromatic N) is 1. The molecule has 1 heteroatoms. The maximum Gasteiger partial charge on any atom is 0.0346 e. The first kappa shape index (κ1) is 11.7. The largest absolute Gasteiger partial charge is 0.264 e. The molecule has 4 aromatic rings. The maximum absolute atomic E-state index is 4.27. The Hall–Kier alpha value is -2.93. The van der Waals surface area contributed by atoms with Crippen LogP contribution in [0.15, 0.2) is 79.1 Å². The second kappa shape index (κ2) is 4.28. The van der Waals surface area contributed by atoms with E-state index in [9.17, 15) is 0 Å². The molecule has 0 saturated carbocycles. The van der Waals surface area contributed by atoms with Crippen molar-refractivity contribution in [1.82, 2.24) is 4.98 Å². The average Bonchev–Trinajstić information content (AvgIpc) is 2.93. The second-order valence-electron chi connectivity index (χ2n) is 5.68. The second-order valence-corrected chi connectivity index (χ2v) is 5.68. The van der Waals surface area contributed by atoms with Crippen LogP contribution in [0.5, 0.6) is 0 Å². The van der Waals surface area contributed by atoms with E-state index < -0.39 is 0 Å². The topological polar surface area (TPSA) is 12.9 Å². The van der Waals surface area contributed by atoms with Crippen molar-refractivity contribution in [3.63, 3.8) is 0 Å². The number of pyridine rings is 1. The van der Waals surface area contributed by atoms with Gasteiger partial charge in [0, 0.05) is 18.0 Å². The van der Waals surface area contributed by atoms with Crippen molar-refractivity contribution in [2.75, 3.05) is 0 Å². The van der Waals surface area contributed by atoms with Crippen LogP contribution < -0.4 is 0 Å². The molecule has 3 aromatic carbocycles. The summed E-state index contributed by atoms with van der Waals surface area (Å²) in [5.41, 5.74) is 7.78. The first-order chi connectivity index (χ1) is 10.9. The molecule has 22 heavy (non-hydrogen) atoms. The van der Waals surface area contributed by atoms with Crippen LogP contribution in [0.2, 0.25) is 0 Å².